The molecule has 1 fully saturated rings. The molecule has 6 nitrogen and oxygen atoms in total. The Labute approximate surface area is 248 Å². The third kappa shape index (κ3) is 6.23. The summed E-state index contributed by atoms with van der Waals surface area (Å²) in [5.74, 6) is 0.982. The number of fused-ring (bicyclic) bond motifs is 1. The van der Waals surface area contributed by atoms with Crippen molar-refractivity contribution in [3.8, 4) is 17.6 Å². The summed E-state index contributed by atoms with van der Waals surface area (Å²) in [7, 11) is 0. The van der Waals surface area contributed by atoms with Crippen LogP contribution in [0.25, 0.3) is 16.8 Å². The molecule has 7 heteroatoms. The van der Waals surface area contributed by atoms with Crippen molar-refractivity contribution >= 4 is 51.0 Å². The van der Waals surface area contributed by atoms with Crippen molar-refractivity contribution in [2.24, 2.45) is 0 Å². The van der Waals surface area contributed by atoms with E-state index in [0.29, 0.717) is 37.8 Å². The zero-order valence-electron chi connectivity index (χ0n) is 22.3. The van der Waals surface area contributed by atoms with E-state index in [0.717, 1.165) is 38.9 Å². The van der Waals surface area contributed by atoms with E-state index in [1.807, 2.05) is 55.5 Å². The van der Waals surface area contributed by atoms with Crippen molar-refractivity contribution < 1.29 is 14.3 Å². The van der Waals surface area contributed by atoms with Gasteiger partial charge in [-0.15, -0.1) is 0 Å². The van der Waals surface area contributed by atoms with Crippen LogP contribution in [-0.2, 0) is 11.4 Å². The molecule has 0 aromatic heterocycles. The Morgan fingerprint density at radius 2 is 1.68 bits per heavy atom. The van der Waals surface area contributed by atoms with Gasteiger partial charge in [0.25, 0.3) is 5.91 Å². The number of anilines is 1. The summed E-state index contributed by atoms with van der Waals surface area (Å²) in [6, 6.07) is 30.5. The van der Waals surface area contributed by atoms with Gasteiger partial charge in [0.05, 0.1) is 10.2 Å². The maximum absolute atomic E-state index is 13.3. The molecular weight excluding hydrogens is 613 g/mol. The Morgan fingerprint density at radius 3 is 2.42 bits per heavy atom. The summed E-state index contributed by atoms with van der Waals surface area (Å²) in [5, 5.41) is 12.2. The summed E-state index contributed by atoms with van der Waals surface area (Å²) in [6.45, 7) is 5.36. The first kappa shape index (κ1) is 27.5. The van der Waals surface area contributed by atoms with E-state index in [4.69, 9.17) is 9.47 Å². The lowest BCUT2D eigenvalue weighted by molar-refractivity contribution is -0.126. The maximum Gasteiger partial charge on any atom is 0.264 e. The molecule has 1 amide bonds. The van der Waals surface area contributed by atoms with Crippen molar-refractivity contribution in [1.29, 1.82) is 5.26 Å². The standard InChI is InChI=1S/C33H30IN3O3/c1-2-39-31-21-24(20-30(34)32(31)40-23-26-11-8-10-25-9-6-7-14-29(25)26)19-27(22-35)33(38)37-17-15-36(16-18-37)28-12-4-3-5-13-28/h3-14,19-21H,2,15-18,23H2,1H3/b27-19-. The van der Waals surface area contributed by atoms with Crippen LogP contribution >= 0.6 is 22.6 Å². The number of carbonyl (C=O) groups excluding carboxylic acids is 1. The Morgan fingerprint density at radius 1 is 0.950 bits per heavy atom. The van der Waals surface area contributed by atoms with Gasteiger partial charge in [0.2, 0.25) is 0 Å². The number of hydrogen-bond acceptors (Lipinski definition) is 5. The van der Waals surface area contributed by atoms with Crippen molar-refractivity contribution in [2.45, 2.75) is 13.5 Å². The number of rotatable bonds is 8. The Bertz CT molecular complexity index is 1570. The molecule has 4 aromatic rings. The number of nitrogens with zero attached hydrogens (tertiary/aromatic N) is 3. The predicted molar refractivity (Wildman–Crippen MR) is 167 cm³/mol. The van der Waals surface area contributed by atoms with Crippen LogP contribution in [0.5, 0.6) is 11.5 Å². The van der Waals surface area contributed by atoms with Gasteiger partial charge in [-0.2, -0.15) is 5.26 Å². The van der Waals surface area contributed by atoms with Gasteiger partial charge < -0.3 is 19.3 Å². The van der Waals surface area contributed by atoms with E-state index in [-0.39, 0.29) is 11.5 Å². The van der Waals surface area contributed by atoms with Gasteiger partial charge in [0.1, 0.15) is 18.2 Å². The molecule has 0 N–H and O–H groups in total. The van der Waals surface area contributed by atoms with E-state index < -0.39 is 0 Å². The minimum Gasteiger partial charge on any atom is -0.490 e. The fraction of sp³-hybridized carbons (Fsp3) is 0.212. The van der Waals surface area contributed by atoms with E-state index in [1.165, 1.54) is 5.39 Å². The van der Waals surface area contributed by atoms with Crippen molar-refractivity contribution in [2.75, 3.05) is 37.7 Å². The van der Waals surface area contributed by atoms with Gasteiger partial charge in [-0.25, -0.2) is 0 Å². The molecule has 0 aliphatic carbocycles. The molecule has 40 heavy (non-hydrogen) atoms. The monoisotopic (exact) mass is 643 g/mol. The Hall–Kier alpha value is -4.03. The molecule has 202 valence electrons. The number of para-hydroxylation sites is 1. The zero-order chi connectivity index (χ0) is 27.9. The quantitative estimate of drug-likeness (QED) is 0.122. The molecule has 1 aliphatic rings. The topological polar surface area (TPSA) is 65.8 Å². The number of halogens is 1. The zero-order valence-corrected chi connectivity index (χ0v) is 24.5. The SMILES string of the molecule is CCOc1cc(/C=C(/C#N)C(=O)N2CCN(c3ccccc3)CC2)cc(I)c1OCc1cccc2ccccc12. The molecule has 1 heterocycles. The second-order valence-electron chi connectivity index (χ2n) is 9.47. The highest BCUT2D eigenvalue weighted by Gasteiger charge is 2.24. The largest absolute Gasteiger partial charge is 0.490 e. The fourth-order valence-electron chi connectivity index (χ4n) is 4.93. The summed E-state index contributed by atoms with van der Waals surface area (Å²) in [5.41, 5.74) is 3.06. The van der Waals surface area contributed by atoms with Gasteiger partial charge >= 0.3 is 0 Å². The van der Waals surface area contributed by atoms with Crippen LogP contribution in [0.3, 0.4) is 0 Å². The van der Waals surface area contributed by atoms with Gasteiger partial charge in [0.15, 0.2) is 11.5 Å². The highest BCUT2D eigenvalue weighted by molar-refractivity contribution is 14.1. The third-order valence-electron chi connectivity index (χ3n) is 6.93. The van der Waals surface area contributed by atoms with Crippen LogP contribution in [0.2, 0.25) is 0 Å². The van der Waals surface area contributed by atoms with Crippen molar-refractivity contribution in [3.05, 3.63) is 105 Å². The van der Waals surface area contributed by atoms with E-state index in [1.54, 1.807) is 11.0 Å². The number of carbonyl (C=O) groups is 1. The van der Waals surface area contributed by atoms with Crippen LogP contribution in [-0.4, -0.2) is 43.6 Å². The lowest BCUT2D eigenvalue weighted by Crippen LogP contribution is -2.49. The second-order valence-corrected chi connectivity index (χ2v) is 10.6. The molecule has 1 saturated heterocycles. The highest BCUT2D eigenvalue weighted by atomic mass is 127. The molecule has 5 rings (SSSR count). The Kier molecular flexibility index (Phi) is 8.87. The second kappa shape index (κ2) is 12.9. The highest BCUT2D eigenvalue weighted by Crippen LogP contribution is 2.36. The summed E-state index contributed by atoms with van der Waals surface area (Å²) in [4.78, 5) is 17.3. The lowest BCUT2D eigenvalue weighted by atomic mass is 10.1. The summed E-state index contributed by atoms with van der Waals surface area (Å²) >= 11 is 2.22. The van der Waals surface area contributed by atoms with Crippen LogP contribution in [0.4, 0.5) is 5.69 Å². The molecule has 1 aliphatic heterocycles. The Balaban J connectivity index is 1.32. The molecule has 0 saturated carbocycles. The molecule has 0 unspecified atom stereocenters. The normalized spacial score (nSPS) is 13.7. The summed E-state index contributed by atoms with van der Waals surface area (Å²) < 4.78 is 13.1. The van der Waals surface area contributed by atoms with Gasteiger partial charge in [0, 0.05) is 31.9 Å². The van der Waals surface area contributed by atoms with Crippen LogP contribution in [0, 0.1) is 14.9 Å². The lowest BCUT2D eigenvalue weighted by Gasteiger charge is -2.36. The van der Waals surface area contributed by atoms with Crippen LogP contribution in [0.1, 0.15) is 18.1 Å². The van der Waals surface area contributed by atoms with E-state index >= 15 is 0 Å². The number of piperazine rings is 1. The number of nitriles is 1. The van der Waals surface area contributed by atoms with E-state index in [9.17, 15) is 10.1 Å². The van der Waals surface area contributed by atoms with Crippen molar-refractivity contribution in [3.63, 3.8) is 0 Å². The van der Waals surface area contributed by atoms with Gasteiger partial charge in [-0.1, -0.05) is 60.7 Å². The number of benzene rings is 4. The van der Waals surface area contributed by atoms with Crippen molar-refractivity contribution in [1.82, 2.24) is 4.90 Å². The number of ether oxygens (including phenoxy) is 2. The van der Waals surface area contributed by atoms with Gasteiger partial charge in [-0.05, 0) is 81.8 Å². The molecule has 0 bridgehead atoms. The van der Waals surface area contributed by atoms with Crippen LogP contribution < -0.4 is 14.4 Å². The fourth-order valence-corrected chi connectivity index (χ4v) is 5.71. The summed E-state index contributed by atoms with van der Waals surface area (Å²) in [6.07, 6.45) is 1.64. The molecular formula is C33H30IN3O3. The average molecular weight is 644 g/mol. The maximum atomic E-state index is 13.3. The molecule has 0 spiro atoms. The molecule has 0 radical (unpaired) electrons. The smallest absolute Gasteiger partial charge is 0.264 e. The third-order valence-corrected chi connectivity index (χ3v) is 7.74. The average Bonchev–Trinajstić information content (AvgIpc) is 3.00. The first-order chi connectivity index (χ1) is 19.6. The predicted octanol–water partition coefficient (Wildman–Crippen LogP) is 6.68. The number of amides is 1. The molecule has 0 atom stereocenters. The van der Waals surface area contributed by atoms with Gasteiger partial charge in [-0.3, -0.25) is 4.79 Å². The minimum atomic E-state index is -0.250. The first-order valence-electron chi connectivity index (χ1n) is 13.3. The first-order valence-corrected chi connectivity index (χ1v) is 14.4. The van der Waals surface area contributed by atoms with E-state index in [2.05, 4.69) is 70.0 Å². The number of hydrogen-bond donors (Lipinski definition) is 0. The molecule has 4 aromatic carbocycles. The van der Waals surface area contributed by atoms with Crippen LogP contribution in [0.15, 0.2) is 90.5 Å². The minimum absolute atomic E-state index is 0.107.